The summed E-state index contributed by atoms with van der Waals surface area (Å²) in [5, 5.41) is 1.34. The molecule has 63 heavy (non-hydrogen) atoms. The first kappa shape index (κ1) is 41.7. The average Bonchev–Trinajstić information content (AvgIpc) is 3.86. The van der Waals surface area contributed by atoms with Gasteiger partial charge in [0.25, 0.3) is 0 Å². The number of carbonyl (C=O) groups excluding carboxylic acids is 1. The number of nitrogens with zero attached hydrogens (tertiary/aromatic N) is 10. The van der Waals surface area contributed by atoms with Crippen LogP contribution >= 0.6 is 23.2 Å². The highest BCUT2D eigenvalue weighted by molar-refractivity contribution is 6.34. The monoisotopic (exact) mass is 880 g/mol. The molecule has 14 heteroatoms. The molecule has 2 aliphatic carbocycles. The molecule has 4 aromatic heterocycles. The van der Waals surface area contributed by atoms with Gasteiger partial charge in [-0.15, -0.1) is 0 Å². The topological polar surface area (TPSA) is 104 Å². The molecule has 0 spiro atoms. The third kappa shape index (κ3) is 7.77. The van der Waals surface area contributed by atoms with E-state index in [9.17, 15) is 4.79 Å². The second kappa shape index (κ2) is 17.0. The minimum atomic E-state index is -0.519. The molecule has 6 aromatic rings. The molecule has 3 atom stereocenters. The van der Waals surface area contributed by atoms with Crippen molar-refractivity contribution in [1.82, 2.24) is 48.7 Å². The highest BCUT2D eigenvalue weighted by Gasteiger charge is 2.54. The number of likely N-dealkylation sites (N-methyl/N-ethyl adjacent to an activating group) is 2. The maximum Gasteiger partial charge on any atom is 0.211 e. The zero-order chi connectivity index (χ0) is 43.4. The van der Waals surface area contributed by atoms with Crippen LogP contribution in [0, 0.1) is 0 Å². The summed E-state index contributed by atoms with van der Waals surface area (Å²) in [5.74, 6) is -0.0719. The zero-order valence-electron chi connectivity index (χ0n) is 36.0. The second-order valence-electron chi connectivity index (χ2n) is 17.2. The standard InChI is InChI=1S/C25H26ClN5O.C24H24ClN5O/c1-29-8-10-31(11-9-29)24-19-6-5-18(26)13-20(19)21(12-17-4-3-7-28-23(17)24)25(15-32-25)22-14-27-16-30(22)2;1-28-8-10-30(11-9-28)23-18-6-5-17(25)13-19(18)20(12-16-4-3-7-27-22(16)23)24(31)21-14-26-15-29(21)2/h3-7,12-14,16,24H,8-11,15H2,1-2H3;3-7,12-15,23H,8-11H2,1-2H3. The number of epoxide rings is 1. The average molecular weight is 882 g/mol. The normalized spacial score (nSPS) is 22.5. The Morgan fingerprint density at radius 3 is 1.71 bits per heavy atom. The van der Waals surface area contributed by atoms with Gasteiger partial charge in [-0.05, 0) is 96.0 Å². The van der Waals surface area contributed by atoms with Crippen molar-refractivity contribution in [2.24, 2.45) is 14.1 Å². The van der Waals surface area contributed by atoms with E-state index in [4.69, 9.17) is 37.9 Å². The number of allylic oxidation sites excluding steroid dienone is 1. The minimum Gasteiger partial charge on any atom is -0.358 e. The predicted octanol–water partition coefficient (Wildman–Crippen LogP) is 7.13. The van der Waals surface area contributed by atoms with Crippen molar-refractivity contribution in [3.63, 3.8) is 0 Å². The molecule has 3 fully saturated rings. The van der Waals surface area contributed by atoms with Gasteiger partial charge >= 0.3 is 0 Å². The summed E-state index contributed by atoms with van der Waals surface area (Å²) in [6, 6.07) is 20.3. The fourth-order valence-electron chi connectivity index (χ4n) is 9.72. The molecule has 0 radical (unpaired) electrons. The van der Waals surface area contributed by atoms with Crippen molar-refractivity contribution < 1.29 is 9.53 Å². The van der Waals surface area contributed by atoms with Gasteiger partial charge in [0.1, 0.15) is 5.69 Å². The summed E-state index contributed by atoms with van der Waals surface area (Å²) < 4.78 is 10.0. The van der Waals surface area contributed by atoms with E-state index in [1.807, 2.05) is 86.1 Å². The number of Topliss-reactive ketones (excluding diaryl/α,β-unsaturated/α-hetero) is 1. The van der Waals surface area contributed by atoms with Crippen LogP contribution in [0.15, 0.2) is 98.1 Å². The van der Waals surface area contributed by atoms with Crippen molar-refractivity contribution in [2.45, 2.75) is 17.7 Å². The molecule has 12 nitrogen and oxygen atoms in total. The van der Waals surface area contributed by atoms with Gasteiger partial charge in [0.05, 0.1) is 60.8 Å². The molecule has 3 unspecified atom stereocenters. The predicted molar refractivity (Wildman–Crippen MR) is 247 cm³/mol. The Hall–Kier alpha value is -5.31. The van der Waals surface area contributed by atoms with Gasteiger partial charge in [-0.3, -0.25) is 24.6 Å². The van der Waals surface area contributed by atoms with Crippen LogP contribution in [-0.2, 0) is 24.4 Å². The van der Waals surface area contributed by atoms with Gasteiger partial charge in [0.15, 0.2) is 5.60 Å². The van der Waals surface area contributed by atoms with Crippen molar-refractivity contribution >= 4 is 52.3 Å². The van der Waals surface area contributed by atoms with Crippen LogP contribution in [-0.4, -0.2) is 128 Å². The Morgan fingerprint density at radius 1 is 0.667 bits per heavy atom. The number of hydrogen-bond donors (Lipinski definition) is 0. The molecular weight excluding hydrogens is 832 g/mol. The van der Waals surface area contributed by atoms with E-state index >= 15 is 0 Å². The third-order valence-corrected chi connectivity index (χ3v) is 13.7. The number of pyridine rings is 2. The number of aryl methyl sites for hydroxylation is 2. The number of benzene rings is 2. The van der Waals surface area contributed by atoms with E-state index < -0.39 is 5.60 Å². The lowest BCUT2D eigenvalue weighted by Crippen LogP contribution is -2.46. The van der Waals surface area contributed by atoms with E-state index in [-0.39, 0.29) is 17.9 Å². The number of imidazole rings is 2. The first-order valence-electron chi connectivity index (χ1n) is 21.5. The molecule has 5 aliphatic rings. The number of carbonyl (C=O) groups is 1. The van der Waals surface area contributed by atoms with E-state index in [1.165, 1.54) is 5.56 Å². The number of rotatable bonds is 6. The highest BCUT2D eigenvalue weighted by atomic mass is 35.5. The molecule has 3 aliphatic heterocycles. The zero-order valence-corrected chi connectivity index (χ0v) is 37.5. The molecular formula is C49H50Cl2N10O2. The van der Waals surface area contributed by atoms with Crippen LogP contribution in [0.4, 0.5) is 0 Å². The molecule has 0 amide bonds. The maximum absolute atomic E-state index is 13.6. The number of aromatic nitrogens is 6. The smallest absolute Gasteiger partial charge is 0.211 e. The number of fused-ring (bicyclic) bond motifs is 4. The molecule has 7 heterocycles. The lowest BCUT2D eigenvalue weighted by molar-refractivity contribution is 0.104. The van der Waals surface area contributed by atoms with Gasteiger partial charge in [0, 0.05) is 100 Å². The maximum atomic E-state index is 13.6. The number of piperazine rings is 2. The number of ether oxygens (including phenoxy) is 1. The Bertz CT molecular complexity index is 2760. The molecule has 0 N–H and O–H groups in total. The van der Waals surface area contributed by atoms with Crippen LogP contribution in [0.3, 0.4) is 0 Å². The Kier molecular flexibility index (Phi) is 11.3. The van der Waals surface area contributed by atoms with E-state index in [1.54, 1.807) is 17.1 Å². The summed E-state index contributed by atoms with van der Waals surface area (Å²) in [7, 11) is 8.19. The number of ketones is 1. The third-order valence-electron chi connectivity index (χ3n) is 13.3. The van der Waals surface area contributed by atoms with Gasteiger partial charge in [0.2, 0.25) is 5.78 Å². The number of halogens is 2. The van der Waals surface area contributed by atoms with E-state index in [0.29, 0.717) is 22.9 Å². The molecule has 11 rings (SSSR count). The fourth-order valence-corrected chi connectivity index (χ4v) is 10.1. The van der Waals surface area contributed by atoms with Crippen molar-refractivity contribution in [2.75, 3.05) is 73.1 Å². The summed E-state index contributed by atoms with van der Waals surface area (Å²) in [6.07, 6.45) is 14.9. The summed E-state index contributed by atoms with van der Waals surface area (Å²) in [5.41, 5.74) is 11.3. The van der Waals surface area contributed by atoms with Crippen LogP contribution < -0.4 is 0 Å². The largest absolute Gasteiger partial charge is 0.358 e. The van der Waals surface area contributed by atoms with E-state index in [0.717, 1.165) is 108 Å². The lowest BCUT2D eigenvalue weighted by atomic mass is 9.86. The second-order valence-corrected chi connectivity index (χ2v) is 18.1. The fraction of sp³-hybridized carbons (Fsp3) is 0.327. The Morgan fingerprint density at radius 2 is 1.19 bits per heavy atom. The number of hydrogen-bond acceptors (Lipinski definition) is 10. The Labute approximate surface area is 378 Å². The molecule has 2 aromatic carbocycles. The Balaban J connectivity index is 0.000000150. The molecule has 0 saturated carbocycles. The first-order chi connectivity index (χ1) is 30.6. The minimum absolute atomic E-state index is 0.0368. The van der Waals surface area contributed by atoms with Gasteiger partial charge in [-0.25, -0.2) is 9.97 Å². The van der Waals surface area contributed by atoms with Gasteiger partial charge in [-0.2, -0.15) is 0 Å². The highest BCUT2D eigenvalue weighted by Crippen LogP contribution is 2.54. The lowest BCUT2D eigenvalue weighted by Gasteiger charge is -2.38. The first-order valence-corrected chi connectivity index (χ1v) is 22.3. The van der Waals surface area contributed by atoms with Crippen LogP contribution in [0.1, 0.15) is 73.0 Å². The van der Waals surface area contributed by atoms with Gasteiger partial charge in [-0.1, -0.05) is 47.5 Å². The molecule has 322 valence electrons. The van der Waals surface area contributed by atoms with Crippen molar-refractivity contribution in [3.8, 4) is 0 Å². The van der Waals surface area contributed by atoms with Crippen molar-refractivity contribution in [1.29, 1.82) is 0 Å². The van der Waals surface area contributed by atoms with Crippen LogP contribution in [0.5, 0.6) is 0 Å². The van der Waals surface area contributed by atoms with E-state index in [2.05, 4.69) is 74.0 Å². The summed E-state index contributed by atoms with van der Waals surface area (Å²) in [4.78, 5) is 41.6. The quantitative estimate of drug-likeness (QED) is 0.127. The molecule has 0 bridgehead atoms. The molecule has 3 saturated heterocycles. The van der Waals surface area contributed by atoms with Crippen LogP contribution in [0.2, 0.25) is 10.0 Å². The van der Waals surface area contributed by atoms with Gasteiger partial charge < -0.3 is 23.7 Å². The van der Waals surface area contributed by atoms with Crippen LogP contribution in [0.25, 0.3) is 23.3 Å². The summed E-state index contributed by atoms with van der Waals surface area (Å²) >= 11 is 13.0. The summed E-state index contributed by atoms with van der Waals surface area (Å²) in [6.45, 7) is 8.57. The van der Waals surface area contributed by atoms with Crippen molar-refractivity contribution in [3.05, 3.63) is 164 Å². The SMILES string of the molecule is CN1CCN(C2c3ccc(Cl)cc3C(C(=O)c3cncn3C)=Cc3cccnc32)CC1.CN1CCN(C2c3ccc(Cl)cc3C(C3(c4cncn4C)CO3)=Cc3cccnc32)CC1.